The third-order valence-electron chi connectivity index (χ3n) is 3.44. The molecule has 0 radical (unpaired) electrons. The number of esters is 1. The molecule has 0 aliphatic carbocycles. The molecular weight excluding hydrogens is 446 g/mol. The molecule has 140 valence electrons. The summed E-state index contributed by atoms with van der Waals surface area (Å²) in [5.41, 5.74) is 0.728. The Balaban J connectivity index is 2.08. The van der Waals surface area contributed by atoms with Crippen LogP contribution in [0, 0.1) is 0 Å². The fourth-order valence-corrected chi connectivity index (χ4v) is 3.67. The lowest BCUT2D eigenvalue weighted by Crippen LogP contribution is -2.48. The first-order valence-corrected chi connectivity index (χ1v) is 10.2. The minimum Gasteiger partial charge on any atom is -0.460 e. The molecule has 0 saturated heterocycles. The molecule has 0 saturated carbocycles. The molecule has 9 heteroatoms. The Hall–Kier alpha value is -1.45. The topological polar surface area (TPSA) is 92.7 Å². The number of halogens is 2. The van der Waals surface area contributed by atoms with E-state index in [2.05, 4.69) is 20.7 Å². The maximum Gasteiger partial charge on any atom is 0.327 e. The van der Waals surface area contributed by atoms with E-state index < -0.39 is 28.1 Å². The van der Waals surface area contributed by atoms with Crippen LogP contribution < -0.4 is 4.72 Å². The number of benzene rings is 2. The van der Waals surface area contributed by atoms with Crippen molar-refractivity contribution in [1.82, 2.24) is 4.72 Å². The Morgan fingerprint density at radius 3 is 2.31 bits per heavy atom. The average molecular weight is 463 g/mol. The van der Waals surface area contributed by atoms with Gasteiger partial charge >= 0.3 is 5.97 Å². The Labute approximate surface area is 165 Å². The molecule has 0 amide bonds. The van der Waals surface area contributed by atoms with Gasteiger partial charge in [-0.2, -0.15) is 4.72 Å². The van der Waals surface area contributed by atoms with Crippen molar-refractivity contribution in [2.75, 3.05) is 0 Å². The highest BCUT2D eigenvalue weighted by atomic mass is 79.9. The Morgan fingerprint density at radius 1 is 1.19 bits per heavy atom. The quantitative estimate of drug-likeness (QED) is 0.617. The van der Waals surface area contributed by atoms with E-state index in [0.29, 0.717) is 5.02 Å². The fraction of sp³-hybridized carbons (Fsp3) is 0.235. The van der Waals surface area contributed by atoms with Crippen LogP contribution in [0.2, 0.25) is 5.02 Å². The van der Waals surface area contributed by atoms with Crippen molar-refractivity contribution in [3.8, 4) is 0 Å². The first kappa shape index (κ1) is 20.9. The van der Waals surface area contributed by atoms with E-state index in [-0.39, 0.29) is 11.5 Å². The Morgan fingerprint density at radius 2 is 1.77 bits per heavy atom. The largest absolute Gasteiger partial charge is 0.460 e. The van der Waals surface area contributed by atoms with Crippen molar-refractivity contribution in [1.29, 1.82) is 0 Å². The third kappa shape index (κ3) is 5.78. The second-order valence-corrected chi connectivity index (χ2v) is 8.59. The Kier molecular flexibility index (Phi) is 7.19. The molecule has 0 bridgehead atoms. The van der Waals surface area contributed by atoms with Gasteiger partial charge in [-0.1, -0.05) is 39.7 Å². The van der Waals surface area contributed by atoms with Gasteiger partial charge < -0.3 is 9.84 Å². The predicted octanol–water partition coefficient (Wildman–Crippen LogP) is 2.87. The monoisotopic (exact) mass is 461 g/mol. The van der Waals surface area contributed by atoms with Crippen molar-refractivity contribution in [2.45, 2.75) is 30.6 Å². The predicted molar refractivity (Wildman–Crippen MR) is 101 cm³/mol. The third-order valence-corrected chi connectivity index (χ3v) is 5.67. The van der Waals surface area contributed by atoms with E-state index >= 15 is 0 Å². The van der Waals surface area contributed by atoms with Crippen molar-refractivity contribution in [3.63, 3.8) is 0 Å². The smallest absolute Gasteiger partial charge is 0.327 e. The lowest BCUT2D eigenvalue weighted by atomic mass is 10.2. The van der Waals surface area contributed by atoms with Gasteiger partial charge in [0.15, 0.2) is 0 Å². The number of hydrogen-bond donors (Lipinski definition) is 2. The minimum absolute atomic E-state index is 0.0436. The number of nitrogens with one attached hydrogen (secondary N) is 1. The molecular formula is C17H17BrClNO5S. The van der Waals surface area contributed by atoms with Gasteiger partial charge in [-0.15, -0.1) is 0 Å². The molecule has 0 fully saturated rings. The molecule has 2 aromatic carbocycles. The first-order chi connectivity index (χ1) is 12.2. The second-order valence-electron chi connectivity index (χ2n) is 5.53. The van der Waals surface area contributed by atoms with E-state index in [1.807, 2.05) is 0 Å². The Bertz CT molecular complexity index is 854. The molecule has 0 unspecified atom stereocenters. The number of hydrogen-bond acceptors (Lipinski definition) is 5. The summed E-state index contributed by atoms with van der Waals surface area (Å²) in [4.78, 5) is 12.2. The van der Waals surface area contributed by atoms with Crippen molar-refractivity contribution in [3.05, 3.63) is 63.6 Å². The molecule has 2 rings (SSSR count). The summed E-state index contributed by atoms with van der Waals surface area (Å²) in [7, 11) is -4.03. The van der Waals surface area contributed by atoms with Crippen LogP contribution in [0.3, 0.4) is 0 Å². The van der Waals surface area contributed by atoms with Crippen molar-refractivity contribution >= 4 is 43.5 Å². The second kappa shape index (κ2) is 8.96. The highest BCUT2D eigenvalue weighted by molar-refractivity contribution is 9.10. The van der Waals surface area contributed by atoms with Gasteiger partial charge in [-0.3, -0.25) is 4.79 Å². The van der Waals surface area contributed by atoms with Crippen molar-refractivity contribution in [2.24, 2.45) is 0 Å². The number of sulfonamides is 1. The molecule has 0 spiro atoms. The van der Waals surface area contributed by atoms with Crippen LogP contribution in [-0.4, -0.2) is 31.6 Å². The van der Waals surface area contributed by atoms with Crippen LogP contribution in [0.25, 0.3) is 0 Å². The zero-order chi connectivity index (χ0) is 19.3. The molecule has 26 heavy (non-hydrogen) atoms. The van der Waals surface area contributed by atoms with Crippen LogP contribution in [0.4, 0.5) is 0 Å². The number of carbonyl (C=O) groups excluding carboxylic acids is 1. The number of aliphatic hydroxyl groups is 1. The SMILES string of the molecule is C[C@H](O)[C@@H](NS(=O)(=O)c1ccc(Cl)cc1)C(=O)OCc1ccc(Br)cc1. The van der Waals surface area contributed by atoms with E-state index in [0.717, 1.165) is 10.0 Å². The van der Waals surface area contributed by atoms with Crippen LogP contribution in [0.1, 0.15) is 12.5 Å². The molecule has 2 N–H and O–H groups in total. The zero-order valence-corrected chi connectivity index (χ0v) is 16.9. The maximum atomic E-state index is 12.4. The highest BCUT2D eigenvalue weighted by Gasteiger charge is 2.31. The van der Waals surface area contributed by atoms with Crippen LogP contribution >= 0.6 is 27.5 Å². The summed E-state index contributed by atoms with van der Waals surface area (Å²) in [6.07, 6.45) is -1.28. The fourth-order valence-electron chi connectivity index (χ4n) is 2.02. The number of carbonyl (C=O) groups is 1. The number of rotatable bonds is 7. The maximum absolute atomic E-state index is 12.4. The standard InChI is InChI=1S/C17H17BrClNO5S/c1-11(21)16(17(22)25-10-12-2-4-13(18)5-3-12)20-26(23,24)15-8-6-14(19)7-9-15/h2-9,11,16,20-21H,10H2,1H3/t11-,16+/m0/s1. The minimum atomic E-state index is -4.03. The molecule has 6 nitrogen and oxygen atoms in total. The van der Waals surface area contributed by atoms with E-state index in [9.17, 15) is 18.3 Å². The van der Waals surface area contributed by atoms with Crippen LogP contribution in [-0.2, 0) is 26.2 Å². The molecule has 2 atom stereocenters. The van der Waals surface area contributed by atoms with Gasteiger partial charge in [0.25, 0.3) is 0 Å². The van der Waals surface area contributed by atoms with Gasteiger partial charge in [0.05, 0.1) is 11.0 Å². The molecule has 0 heterocycles. The van der Waals surface area contributed by atoms with Crippen LogP contribution in [0.5, 0.6) is 0 Å². The summed E-state index contributed by atoms with van der Waals surface area (Å²) in [5, 5.41) is 10.2. The summed E-state index contributed by atoms with van der Waals surface area (Å²) >= 11 is 9.05. The normalized spacial score (nSPS) is 13.8. The molecule has 0 aliphatic rings. The summed E-state index contributed by atoms with van der Waals surface area (Å²) < 4.78 is 33.0. The van der Waals surface area contributed by atoms with Gasteiger partial charge in [-0.25, -0.2) is 8.42 Å². The highest BCUT2D eigenvalue weighted by Crippen LogP contribution is 2.16. The van der Waals surface area contributed by atoms with Gasteiger partial charge in [-0.05, 0) is 48.9 Å². The van der Waals surface area contributed by atoms with Crippen LogP contribution in [0.15, 0.2) is 57.9 Å². The van der Waals surface area contributed by atoms with Crippen molar-refractivity contribution < 1.29 is 23.1 Å². The summed E-state index contributed by atoms with van der Waals surface area (Å²) in [6.45, 7) is 1.26. The van der Waals surface area contributed by atoms with Gasteiger partial charge in [0.2, 0.25) is 10.0 Å². The average Bonchev–Trinajstić information content (AvgIpc) is 2.59. The molecule has 0 aromatic heterocycles. The molecule has 2 aromatic rings. The summed E-state index contributed by atoms with van der Waals surface area (Å²) in [5.74, 6) is -0.875. The van der Waals surface area contributed by atoms with Gasteiger partial charge in [0.1, 0.15) is 12.6 Å². The number of aliphatic hydroxyl groups excluding tert-OH is 1. The zero-order valence-electron chi connectivity index (χ0n) is 13.7. The van der Waals surface area contributed by atoms with E-state index in [1.54, 1.807) is 24.3 Å². The first-order valence-electron chi connectivity index (χ1n) is 7.56. The van der Waals surface area contributed by atoms with E-state index in [1.165, 1.54) is 31.2 Å². The lowest BCUT2D eigenvalue weighted by molar-refractivity contribution is -0.149. The van der Waals surface area contributed by atoms with E-state index in [4.69, 9.17) is 16.3 Å². The number of ether oxygens (including phenoxy) is 1. The summed E-state index contributed by atoms with van der Waals surface area (Å²) in [6, 6.07) is 11.1. The lowest BCUT2D eigenvalue weighted by Gasteiger charge is -2.20. The van der Waals surface area contributed by atoms with Gasteiger partial charge in [0, 0.05) is 9.50 Å². The molecule has 0 aliphatic heterocycles.